The van der Waals surface area contributed by atoms with Crippen molar-refractivity contribution in [3.8, 4) is 0 Å². The van der Waals surface area contributed by atoms with Crippen LogP contribution in [0.1, 0.15) is 5.56 Å². The van der Waals surface area contributed by atoms with E-state index in [0.717, 1.165) is 6.42 Å². The Kier molecular flexibility index (Phi) is 2.15. The molecule has 0 fully saturated rings. The number of benzene rings is 1. The number of nitrogens with zero attached hydrogens (tertiary/aromatic N) is 1. The van der Waals surface area contributed by atoms with Crippen LogP contribution < -0.4 is 0 Å². The van der Waals surface area contributed by atoms with Gasteiger partial charge in [-0.25, -0.2) is 0 Å². The van der Waals surface area contributed by atoms with Gasteiger partial charge in [-0.3, -0.25) is 0 Å². The van der Waals surface area contributed by atoms with E-state index in [4.69, 9.17) is 12.2 Å². The molecular weight excluding hydrogens is 178 g/mol. The Morgan fingerprint density at radius 2 is 2.15 bits per heavy atom. The van der Waals surface area contributed by atoms with Crippen molar-refractivity contribution < 1.29 is 0 Å². The first-order valence-electron chi connectivity index (χ1n) is 4.21. The molecule has 0 aliphatic rings. The molecule has 0 spiro atoms. The maximum Gasteiger partial charge on any atom is 0.0480 e. The van der Waals surface area contributed by atoms with Crippen LogP contribution in [0.25, 0.3) is 10.9 Å². The van der Waals surface area contributed by atoms with Gasteiger partial charge in [-0.05, 0) is 11.6 Å². The number of para-hydroxylation sites is 1. The fraction of sp³-hybridized carbons (Fsp3) is 0.182. The van der Waals surface area contributed by atoms with E-state index in [9.17, 15) is 0 Å². The summed E-state index contributed by atoms with van der Waals surface area (Å²) in [5.74, 6) is 0. The molecule has 0 saturated carbocycles. The Hall–Kier alpha value is -1.15. The second-order valence-corrected chi connectivity index (χ2v) is 3.39. The SMILES string of the molecule is Cn1cc(C[C]=S)c2ccccc21. The minimum Gasteiger partial charge on any atom is -0.350 e. The molecule has 0 aliphatic carbocycles. The van der Waals surface area contributed by atoms with Crippen molar-refractivity contribution in [1.82, 2.24) is 4.57 Å². The summed E-state index contributed by atoms with van der Waals surface area (Å²) < 4.78 is 2.12. The highest BCUT2D eigenvalue weighted by Crippen LogP contribution is 2.19. The minimum absolute atomic E-state index is 0.747. The summed E-state index contributed by atoms with van der Waals surface area (Å²) in [6, 6.07) is 8.34. The van der Waals surface area contributed by atoms with Gasteiger partial charge in [0, 0.05) is 35.9 Å². The third kappa shape index (κ3) is 1.38. The summed E-state index contributed by atoms with van der Waals surface area (Å²) in [7, 11) is 2.05. The largest absolute Gasteiger partial charge is 0.350 e. The number of rotatable bonds is 2. The highest BCUT2D eigenvalue weighted by atomic mass is 32.1. The van der Waals surface area contributed by atoms with E-state index in [2.05, 4.69) is 41.4 Å². The molecule has 0 bridgehead atoms. The third-order valence-corrected chi connectivity index (χ3v) is 2.39. The zero-order valence-electron chi connectivity index (χ0n) is 7.45. The highest BCUT2D eigenvalue weighted by molar-refractivity contribution is 7.79. The van der Waals surface area contributed by atoms with Crippen molar-refractivity contribution in [3.63, 3.8) is 0 Å². The average molecular weight is 188 g/mol. The first-order chi connectivity index (χ1) is 6.33. The maximum absolute atomic E-state index is 4.75. The Balaban J connectivity index is 2.70. The molecule has 1 radical (unpaired) electrons. The van der Waals surface area contributed by atoms with Crippen molar-refractivity contribution >= 4 is 28.5 Å². The molecule has 0 aliphatic heterocycles. The summed E-state index contributed by atoms with van der Waals surface area (Å²) in [4.78, 5) is 0. The van der Waals surface area contributed by atoms with Crippen LogP contribution in [-0.2, 0) is 13.5 Å². The van der Waals surface area contributed by atoms with E-state index >= 15 is 0 Å². The Bertz CT molecular complexity index is 442. The molecule has 2 heteroatoms. The Labute approximate surface area is 83.0 Å². The average Bonchev–Trinajstić information content (AvgIpc) is 2.46. The van der Waals surface area contributed by atoms with Crippen LogP contribution in [-0.4, -0.2) is 9.93 Å². The lowest BCUT2D eigenvalue weighted by molar-refractivity contribution is 0.962. The van der Waals surface area contributed by atoms with Crippen LogP contribution in [0, 0.1) is 0 Å². The zero-order valence-corrected chi connectivity index (χ0v) is 8.27. The van der Waals surface area contributed by atoms with Crippen LogP contribution in [0.5, 0.6) is 0 Å². The van der Waals surface area contributed by atoms with Crippen molar-refractivity contribution in [3.05, 3.63) is 36.0 Å². The summed E-state index contributed by atoms with van der Waals surface area (Å²) in [5.41, 5.74) is 2.51. The van der Waals surface area contributed by atoms with Gasteiger partial charge in [0.05, 0.1) is 0 Å². The Morgan fingerprint density at radius 3 is 2.92 bits per heavy atom. The molecule has 0 saturated heterocycles. The van der Waals surface area contributed by atoms with Gasteiger partial charge >= 0.3 is 0 Å². The van der Waals surface area contributed by atoms with Gasteiger partial charge in [0.15, 0.2) is 0 Å². The second-order valence-electron chi connectivity index (χ2n) is 3.10. The molecule has 2 aromatic rings. The van der Waals surface area contributed by atoms with Crippen LogP contribution in [0.2, 0.25) is 0 Å². The number of aryl methyl sites for hydroxylation is 1. The van der Waals surface area contributed by atoms with Gasteiger partial charge in [-0.15, -0.1) is 0 Å². The molecule has 0 atom stereocenters. The van der Waals surface area contributed by atoms with Crippen molar-refractivity contribution in [2.24, 2.45) is 7.05 Å². The summed E-state index contributed by atoms with van der Waals surface area (Å²) in [5, 5.41) is 4.04. The van der Waals surface area contributed by atoms with Crippen LogP contribution >= 0.6 is 12.2 Å². The van der Waals surface area contributed by atoms with Crippen LogP contribution in [0.15, 0.2) is 30.5 Å². The molecule has 0 unspecified atom stereocenters. The van der Waals surface area contributed by atoms with E-state index in [0.29, 0.717) is 0 Å². The lowest BCUT2D eigenvalue weighted by Gasteiger charge is -1.93. The van der Waals surface area contributed by atoms with Crippen LogP contribution in [0.4, 0.5) is 0 Å². The smallest absolute Gasteiger partial charge is 0.0480 e. The molecule has 0 amide bonds. The number of hydrogen-bond donors (Lipinski definition) is 0. The summed E-state index contributed by atoms with van der Waals surface area (Å²) >= 11 is 4.75. The van der Waals surface area contributed by atoms with E-state index in [1.54, 1.807) is 0 Å². The number of hydrogen-bond acceptors (Lipinski definition) is 1. The molecule has 13 heavy (non-hydrogen) atoms. The monoisotopic (exact) mass is 188 g/mol. The normalized spacial score (nSPS) is 10.5. The maximum atomic E-state index is 4.75. The van der Waals surface area contributed by atoms with E-state index in [1.165, 1.54) is 16.5 Å². The topological polar surface area (TPSA) is 4.93 Å². The van der Waals surface area contributed by atoms with Crippen molar-refractivity contribution in [2.45, 2.75) is 6.42 Å². The molecule has 2 rings (SSSR count). The lowest BCUT2D eigenvalue weighted by Crippen LogP contribution is -1.82. The predicted octanol–water partition coefficient (Wildman–Crippen LogP) is 2.60. The summed E-state index contributed by atoms with van der Waals surface area (Å²) in [6.07, 6.45) is 2.86. The molecule has 1 heterocycles. The molecule has 1 aromatic carbocycles. The van der Waals surface area contributed by atoms with Gasteiger partial charge in [0.2, 0.25) is 0 Å². The van der Waals surface area contributed by atoms with Crippen molar-refractivity contribution in [2.75, 3.05) is 0 Å². The molecule has 65 valence electrons. The lowest BCUT2D eigenvalue weighted by atomic mass is 10.1. The van der Waals surface area contributed by atoms with Gasteiger partial charge in [-0.1, -0.05) is 30.4 Å². The second kappa shape index (κ2) is 3.30. The van der Waals surface area contributed by atoms with Gasteiger partial charge in [0.25, 0.3) is 0 Å². The summed E-state index contributed by atoms with van der Waals surface area (Å²) in [6.45, 7) is 0. The number of aromatic nitrogens is 1. The van der Waals surface area contributed by atoms with Gasteiger partial charge in [-0.2, -0.15) is 0 Å². The van der Waals surface area contributed by atoms with Crippen molar-refractivity contribution in [1.29, 1.82) is 0 Å². The molecule has 0 N–H and O–H groups in total. The molecule has 1 nitrogen and oxygen atoms in total. The first kappa shape index (κ1) is 8.45. The van der Waals surface area contributed by atoms with E-state index < -0.39 is 0 Å². The number of thiocarbonyl (C=S) groups is 1. The highest BCUT2D eigenvalue weighted by Gasteiger charge is 2.03. The number of fused-ring (bicyclic) bond motifs is 1. The van der Waals surface area contributed by atoms with E-state index in [-0.39, 0.29) is 0 Å². The van der Waals surface area contributed by atoms with E-state index in [1.807, 2.05) is 6.07 Å². The standard InChI is InChI=1S/C11H10NS/c1-12-8-9(6-7-13)10-4-2-3-5-11(10)12/h2-5,8H,6H2,1H3. The third-order valence-electron chi connectivity index (χ3n) is 2.24. The van der Waals surface area contributed by atoms with Crippen LogP contribution in [0.3, 0.4) is 0 Å². The fourth-order valence-corrected chi connectivity index (χ4v) is 1.80. The van der Waals surface area contributed by atoms with Gasteiger partial charge in [0.1, 0.15) is 0 Å². The zero-order chi connectivity index (χ0) is 9.26. The Morgan fingerprint density at radius 1 is 1.38 bits per heavy atom. The van der Waals surface area contributed by atoms with Gasteiger partial charge < -0.3 is 4.57 Å². The molecule has 1 aromatic heterocycles. The minimum atomic E-state index is 0.747. The fourth-order valence-electron chi connectivity index (χ4n) is 1.64. The quantitative estimate of drug-likeness (QED) is 0.656. The predicted molar refractivity (Wildman–Crippen MR) is 59.2 cm³/mol. The first-order valence-corrected chi connectivity index (χ1v) is 4.61. The molecular formula is C11H10NS.